The number of nitrogens with two attached hydrogens (primary N) is 1. The summed E-state index contributed by atoms with van der Waals surface area (Å²) in [6.07, 6.45) is 11.2. The third-order valence-corrected chi connectivity index (χ3v) is 7.20. The van der Waals surface area contributed by atoms with Gasteiger partial charge in [0.1, 0.15) is 12.4 Å². The topological polar surface area (TPSA) is 233 Å². The third-order valence-electron chi connectivity index (χ3n) is 6.70. The van der Waals surface area contributed by atoms with E-state index < -0.39 is 37.9 Å². The Morgan fingerprint density at radius 2 is 1.38 bits per heavy atom. The summed E-state index contributed by atoms with van der Waals surface area (Å²) >= 11 is 0. The number of nitrogens with zero attached hydrogens (tertiary/aromatic N) is 1. The number of unbranched alkanes of at least 4 members (excludes halogenated alkanes) is 8. The van der Waals surface area contributed by atoms with Gasteiger partial charge in [-0.3, -0.25) is 14.1 Å². The number of phosphoric ester groups is 1. The maximum absolute atomic E-state index is 11.4. The Labute approximate surface area is 296 Å². The fourth-order valence-corrected chi connectivity index (χ4v) is 4.38. The van der Waals surface area contributed by atoms with Crippen molar-refractivity contribution >= 4 is 25.7 Å². The van der Waals surface area contributed by atoms with E-state index in [0.29, 0.717) is 12.8 Å². The molecule has 0 radical (unpaired) electrons. The van der Waals surface area contributed by atoms with E-state index in [4.69, 9.17) is 15.9 Å². The number of carbonyl (C=O) groups is 3. The number of carboxylic acids is 2. The average molecular weight is 647 g/mol. The van der Waals surface area contributed by atoms with Crippen LogP contribution in [0.25, 0.3) is 0 Å². The van der Waals surface area contributed by atoms with Crippen LogP contribution in [0.5, 0.6) is 0 Å². The van der Waals surface area contributed by atoms with Crippen LogP contribution < -0.4 is 79.7 Å². The summed E-state index contributed by atoms with van der Waals surface area (Å²) in [4.78, 5) is 52.0. The number of carbonyl (C=O) groups excluding carboxylic acids is 2. The van der Waals surface area contributed by atoms with Gasteiger partial charge in [0, 0.05) is 25.9 Å². The van der Waals surface area contributed by atoms with Crippen LogP contribution >= 0.6 is 7.82 Å². The van der Waals surface area contributed by atoms with Gasteiger partial charge >= 0.3 is 65.1 Å². The summed E-state index contributed by atoms with van der Waals surface area (Å²) in [5.74, 6) is -2.82. The van der Waals surface area contributed by atoms with Crippen molar-refractivity contribution in [3.8, 4) is 0 Å². The molecule has 0 rings (SSSR count). The Kier molecular flexibility index (Phi) is 37.2. The molecular formula is C26H53N2Na2O11P. The molecule has 2 atom stereocenters. The second-order valence-corrected chi connectivity index (χ2v) is 11.2. The van der Waals surface area contributed by atoms with E-state index in [1.54, 1.807) is 13.8 Å². The van der Waals surface area contributed by atoms with Gasteiger partial charge in [0.25, 0.3) is 0 Å². The van der Waals surface area contributed by atoms with Gasteiger partial charge in [-0.15, -0.1) is 0 Å². The number of likely N-dealkylation sites (N-methyl/N-ethyl adjacent to an activating group) is 1. The molecule has 42 heavy (non-hydrogen) atoms. The minimum absolute atomic E-state index is 0. The first-order valence-corrected chi connectivity index (χ1v) is 15.5. The first-order chi connectivity index (χ1) is 18.5. The molecule has 0 aliphatic heterocycles. The van der Waals surface area contributed by atoms with E-state index in [-0.39, 0.29) is 95.6 Å². The molecule has 0 heterocycles. The number of aliphatic hydroxyl groups is 2. The average Bonchev–Trinajstić information content (AvgIpc) is 2.85. The number of primary amides is 1. The van der Waals surface area contributed by atoms with Gasteiger partial charge in [0.05, 0.1) is 28.5 Å². The molecular weight excluding hydrogens is 593 g/mol. The van der Waals surface area contributed by atoms with Crippen molar-refractivity contribution in [3.63, 3.8) is 0 Å². The molecule has 5 N–H and O–H groups in total. The second-order valence-electron chi connectivity index (χ2n) is 10.1. The van der Waals surface area contributed by atoms with Crippen molar-refractivity contribution in [2.75, 3.05) is 27.3 Å². The first-order valence-electron chi connectivity index (χ1n) is 14.0. The fraction of sp³-hybridized carbons (Fsp3) is 0.885. The van der Waals surface area contributed by atoms with Gasteiger partial charge in [-0.1, -0.05) is 72.1 Å². The fourth-order valence-electron chi connectivity index (χ4n) is 4.03. The Morgan fingerprint density at radius 1 is 0.929 bits per heavy atom. The second kappa shape index (κ2) is 30.1. The van der Waals surface area contributed by atoms with Gasteiger partial charge in [0.2, 0.25) is 5.91 Å². The number of aliphatic hydroxyl groups excluding tert-OH is 2. The SMILES string of the molecule is CCC(O)[N+](C)(C)C(CC)(CC(=O)O)C(=O)[O-].CCCCCCCCCCCC(N)=O.O=P([O-])([O-])OCCCO.[Na+].[Na+]. The molecule has 0 aromatic rings. The number of rotatable bonds is 21. The molecule has 240 valence electrons. The van der Waals surface area contributed by atoms with Gasteiger partial charge in [-0.05, 0) is 12.8 Å². The minimum Gasteiger partial charge on any atom is -0.790 e. The van der Waals surface area contributed by atoms with E-state index in [2.05, 4.69) is 11.4 Å². The van der Waals surface area contributed by atoms with Gasteiger partial charge in [0.15, 0.2) is 11.8 Å². The van der Waals surface area contributed by atoms with Crippen LogP contribution in [0.4, 0.5) is 0 Å². The standard InChI is InChI=1S/C12H25NO.C11H21NO5.C3H9O5P.2Na/c1-2-3-4-5-6-7-8-9-10-11-12(13)14;1-5-8(13)12(3,4)11(6-2,10(16)17)7-9(14)15;4-2-1-3-8-9(5,6)7;;/h2-11H2,1H3,(H2,13,14);8,13H,5-7H2,1-4H3,(H-,14,15,16,17);4H,1-3H2,(H2,5,6,7);;/q;;;2*+1/p-2. The molecule has 13 nitrogen and oxygen atoms in total. The summed E-state index contributed by atoms with van der Waals surface area (Å²) in [7, 11) is -1.79. The van der Waals surface area contributed by atoms with E-state index in [0.717, 1.165) is 12.8 Å². The van der Waals surface area contributed by atoms with Crippen molar-refractivity contribution in [3.05, 3.63) is 0 Å². The van der Waals surface area contributed by atoms with Crippen LogP contribution in [0.1, 0.15) is 111 Å². The molecule has 0 fully saturated rings. The summed E-state index contributed by atoms with van der Waals surface area (Å²) in [5, 5.41) is 38.2. The van der Waals surface area contributed by atoms with Crippen LogP contribution in [0.2, 0.25) is 0 Å². The van der Waals surface area contributed by atoms with E-state index in [1.165, 1.54) is 59.0 Å². The number of hydrogen-bond donors (Lipinski definition) is 4. The van der Waals surface area contributed by atoms with E-state index in [1.807, 2.05) is 0 Å². The number of amides is 1. The zero-order valence-electron chi connectivity index (χ0n) is 27.0. The zero-order chi connectivity index (χ0) is 31.8. The van der Waals surface area contributed by atoms with Gasteiger partial charge in [-0.2, -0.15) is 0 Å². The summed E-state index contributed by atoms with van der Waals surface area (Å²) in [6.45, 7) is 5.12. The van der Waals surface area contributed by atoms with Crippen molar-refractivity contribution < 1.29 is 117 Å². The summed E-state index contributed by atoms with van der Waals surface area (Å²) in [5.41, 5.74) is 3.43. The molecule has 0 aliphatic rings. The quantitative estimate of drug-likeness (QED) is 0.0302. The zero-order valence-corrected chi connectivity index (χ0v) is 31.9. The Bertz CT molecular complexity index is 743. The smallest absolute Gasteiger partial charge is 0.790 e. The van der Waals surface area contributed by atoms with Gasteiger partial charge in [-0.25, -0.2) is 0 Å². The first kappa shape index (κ1) is 52.0. The Balaban J connectivity index is -0.000000166. The molecule has 0 bridgehead atoms. The molecule has 0 aromatic carbocycles. The van der Waals surface area contributed by atoms with E-state index in [9.17, 15) is 38.9 Å². The summed E-state index contributed by atoms with van der Waals surface area (Å²) < 4.78 is 13.1. The third kappa shape index (κ3) is 26.8. The van der Waals surface area contributed by atoms with Crippen LogP contribution in [0, 0.1) is 0 Å². The van der Waals surface area contributed by atoms with Crippen LogP contribution in [-0.2, 0) is 23.5 Å². The molecule has 0 aliphatic carbocycles. The van der Waals surface area contributed by atoms with E-state index >= 15 is 0 Å². The predicted octanol–water partition coefficient (Wildman–Crippen LogP) is -5.22. The molecule has 0 saturated carbocycles. The Hall–Kier alpha value is 0.400. The van der Waals surface area contributed by atoms with Crippen LogP contribution in [-0.4, -0.2) is 76.7 Å². The maximum atomic E-state index is 11.4. The van der Waals surface area contributed by atoms with Crippen molar-refractivity contribution in [1.29, 1.82) is 0 Å². The van der Waals surface area contributed by atoms with Crippen LogP contribution in [0.3, 0.4) is 0 Å². The normalized spacial score (nSPS) is 13.0. The number of phosphoric acid groups is 1. The largest absolute Gasteiger partial charge is 1.00 e. The molecule has 1 amide bonds. The van der Waals surface area contributed by atoms with Crippen molar-refractivity contribution in [2.45, 2.75) is 122 Å². The Morgan fingerprint density at radius 3 is 1.69 bits per heavy atom. The predicted molar refractivity (Wildman–Crippen MR) is 145 cm³/mol. The van der Waals surface area contributed by atoms with Crippen molar-refractivity contribution in [2.24, 2.45) is 5.73 Å². The maximum Gasteiger partial charge on any atom is 1.00 e. The number of aliphatic carboxylic acids is 2. The number of carboxylic acid groups (broad SMARTS) is 2. The minimum atomic E-state index is -4.81. The molecule has 0 spiro atoms. The monoisotopic (exact) mass is 646 g/mol. The van der Waals surface area contributed by atoms with Gasteiger partial charge < -0.3 is 49.8 Å². The molecule has 2 unspecified atom stereocenters. The number of quaternary nitrogens is 1. The molecule has 16 heteroatoms. The molecule has 0 saturated heterocycles. The van der Waals surface area contributed by atoms with Crippen LogP contribution in [0.15, 0.2) is 0 Å². The molecule has 0 aromatic heterocycles. The summed E-state index contributed by atoms with van der Waals surface area (Å²) in [6, 6.07) is 0. The van der Waals surface area contributed by atoms with Crippen molar-refractivity contribution in [1.82, 2.24) is 0 Å². The number of hydrogen-bond acceptors (Lipinski definition) is 10.